The van der Waals surface area contributed by atoms with Crippen LogP contribution in [-0.2, 0) is 19.1 Å². The van der Waals surface area contributed by atoms with Crippen LogP contribution in [0.1, 0.15) is 26.2 Å². The molecule has 1 aromatic rings. The number of ether oxygens (including phenoxy) is 2. The molecule has 2 amide bonds. The van der Waals surface area contributed by atoms with E-state index in [1.165, 1.54) is 4.90 Å². The van der Waals surface area contributed by atoms with Crippen molar-refractivity contribution in [1.82, 2.24) is 10.2 Å². The number of piperazine rings is 1. The maximum absolute atomic E-state index is 12.6. The largest absolute Gasteiger partial charge is 0.483 e. The number of nitrogens with one attached hydrogen (secondary N) is 1. The molecule has 1 N–H and O–H groups in total. The van der Waals surface area contributed by atoms with Crippen LogP contribution in [-0.4, -0.2) is 55.0 Å². The fourth-order valence-electron chi connectivity index (χ4n) is 2.58. The van der Waals surface area contributed by atoms with Gasteiger partial charge in [-0.1, -0.05) is 24.9 Å². The molecule has 9 heteroatoms. The normalized spacial score (nSPS) is 16.6. The minimum absolute atomic E-state index is 0.175. The molecule has 1 saturated heterocycles. The Morgan fingerprint density at radius 3 is 2.89 bits per heavy atom. The van der Waals surface area contributed by atoms with Gasteiger partial charge in [-0.2, -0.15) is 0 Å². The van der Waals surface area contributed by atoms with Crippen molar-refractivity contribution in [2.45, 2.75) is 32.2 Å². The molecule has 1 aliphatic heterocycles. The zero-order valence-electron chi connectivity index (χ0n) is 15.0. The maximum Gasteiger partial charge on any atom is 0.308 e. The summed E-state index contributed by atoms with van der Waals surface area (Å²) in [6, 6.07) is 4.06. The number of hydrogen-bond acceptors (Lipinski definition) is 5. The van der Waals surface area contributed by atoms with Crippen molar-refractivity contribution in [2.24, 2.45) is 0 Å². The van der Waals surface area contributed by atoms with Crippen molar-refractivity contribution in [1.29, 1.82) is 0 Å². The molecular formula is C18H22BrClN2O5. The van der Waals surface area contributed by atoms with Gasteiger partial charge in [-0.25, -0.2) is 0 Å². The van der Waals surface area contributed by atoms with E-state index in [0.29, 0.717) is 34.9 Å². The van der Waals surface area contributed by atoms with Gasteiger partial charge in [-0.05, 0) is 40.5 Å². The van der Waals surface area contributed by atoms with Gasteiger partial charge in [0.2, 0.25) is 5.91 Å². The monoisotopic (exact) mass is 460 g/mol. The zero-order chi connectivity index (χ0) is 19.8. The Morgan fingerprint density at radius 1 is 1.41 bits per heavy atom. The molecule has 2 rings (SSSR count). The summed E-state index contributed by atoms with van der Waals surface area (Å²) >= 11 is 9.20. The van der Waals surface area contributed by atoms with E-state index in [1.54, 1.807) is 18.2 Å². The molecule has 1 heterocycles. The maximum atomic E-state index is 12.6. The Hall–Kier alpha value is -1.80. The smallest absolute Gasteiger partial charge is 0.308 e. The summed E-state index contributed by atoms with van der Waals surface area (Å²) in [6.45, 7) is 2.68. The van der Waals surface area contributed by atoms with Gasteiger partial charge in [0.1, 0.15) is 11.8 Å². The van der Waals surface area contributed by atoms with Crippen molar-refractivity contribution in [3.8, 4) is 5.75 Å². The quantitative estimate of drug-likeness (QED) is 0.475. The van der Waals surface area contributed by atoms with Crippen LogP contribution < -0.4 is 10.1 Å². The van der Waals surface area contributed by atoms with Crippen molar-refractivity contribution >= 4 is 45.3 Å². The number of carbonyl (C=O) groups excluding carboxylic acids is 3. The van der Waals surface area contributed by atoms with Crippen LogP contribution in [0.5, 0.6) is 5.75 Å². The molecule has 0 radical (unpaired) electrons. The highest BCUT2D eigenvalue weighted by Gasteiger charge is 2.35. The Kier molecular flexibility index (Phi) is 8.37. The van der Waals surface area contributed by atoms with Gasteiger partial charge in [0.05, 0.1) is 17.5 Å². The van der Waals surface area contributed by atoms with Crippen molar-refractivity contribution in [3.05, 3.63) is 27.7 Å². The number of hydrogen-bond donors (Lipinski definition) is 1. The standard InChI is InChI=1S/C18H22BrClN2O5/c1-2-3-8-26-17(24)10-14-18(25)21-6-7-22(14)16(23)11-27-15-5-4-12(20)9-13(15)19/h4-5,9,14H,2-3,6-8,10-11H2,1H3,(H,21,25). The molecule has 1 aliphatic rings. The van der Waals surface area contributed by atoms with Crippen molar-refractivity contribution in [3.63, 3.8) is 0 Å². The van der Waals surface area contributed by atoms with Gasteiger partial charge in [-0.3, -0.25) is 14.4 Å². The highest BCUT2D eigenvalue weighted by molar-refractivity contribution is 9.10. The van der Waals surface area contributed by atoms with E-state index in [2.05, 4.69) is 21.2 Å². The van der Waals surface area contributed by atoms with E-state index >= 15 is 0 Å². The molecule has 27 heavy (non-hydrogen) atoms. The topological polar surface area (TPSA) is 84.9 Å². The van der Waals surface area contributed by atoms with Crippen LogP contribution >= 0.6 is 27.5 Å². The van der Waals surface area contributed by atoms with Crippen LogP contribution in [0, 0.1) is 0 Å². The first-order valence-corrected chi connectivity index (χ1v) is 9.90. The van der Waals surface area contributed by atoms with E-state index in [0.717, 1.165) is 12.8 Å². The highest BCUT2D eigenvalue weighted by Crippen LogP contribution is 2.28. The number of amides is 2. The summed E-state index contributed by atoms with van der Waals surface area (Å²) in [5.41, 5.74) is 0. The number of carbonyl (C=O) groups is 3. The lowest BCUT2D eigenvalue weighted by molar-refractivity contribution is -0.152. The van der Waals surface area contributed by atoms with Crippen molar-refractivity contribution < 1.29 is 23.9 Å². The third kappa shape index (κ3) is 6.39. The van der Waals surface area contributed by atoms with E-state index < -0.39 is 12.0 Å². The van der Waals surface area contributed by atoms with Crippen molar-refractivity contribution in [2.75, 3.05) is 26.3 Å². The molecule has 148 valence electrons. The predicted molar refractivity (Wildman–Crippen MR) is 104 cm³/mol. The zero-order valence-corrected chi connectivity index (χ0v) is 17.3. The Bertz CT molecular complexity index is 700. The van der Waals surface area contributed by atoms with Gasteiger partial charge in [-0.15, -0.1) is 0 Å². The number of benzene rings is 1. The van der Waals surface area contributed by atoms with Gasteiger partial charge in [0, 0.05) is 18.1 Å². The first-order valence-electron chi connectivity index (χ1n) is 8.73. The lowest BCUT2D eigenvalue weighted by Crippen LogP contribution is -2.58. The molecule has 1 fully saturated rings. The minimum atomic E-state index is -0.891. The summed E-state index contributed by atoms with van der Waals surface area (Å²) < 4.78 is 11.3. The second kappa shape index (κ2) is 10.5. The summed E-state index contributed by atoms with van der Waals surface area (Å²) in [5, 5.41) is 3.21. The van der Waals surface area contributed by atoms with Gasteiger partial charge >= 0.3 is 5.97 Å². The van der Waals surface area contributed by atoms with Crippen LogP contribution in [0.4, 0.5) is 0 Å². The summed E-state index contributed by atoms with van der Waals surface area (Å²) in [5.74, 6) is -0.776. The molecule has 0 saturated carbocycles. The van der Waals surface area contributed by atoms with Gasteiger partial charge < -0.3 is 19.7 Å². The third-order valence-corrected chi connectivity index (χ3v) is 4.87. The Balaban J connectivity index is 1.96. The van der Waals surface area contributed by atoms with Crippen LogP contribution in [0.2, 0.25) is 5.02 Å². The molecule has 1 atom stereocenters. The lowest BCUT2D eigenvalue weighted by Gasteiger charge is -2.34. The average molecular weight is 462 g/mol. The molecule has 0 bridgehead atoms. The molecule has 7 nitrogen and oxygen atoms in total. The number of unbranched alkanes of at least 4 members (excludes halogenated alkanes) is 1. The number of nitrogens with zero attached hydrogens (tertiary/aromatic N) is 1. The third-order valence-electron chi connectivity index (χ3n) is 4.02. The SMILES string of the molecule is CCCCOC(=O)CC1C(=O)NCCN1C(=O)COc1ccc(Cl)cc1Br. The van der Waals surface area contributed by atoms with Gasteiger partial charge in [0.15, 0.2) is 6.61 Å². The summed E-state index contributed by atoms with van der Waals surface area (Å²) in [4.78, 5) is 38.1. The molecule has 0 aromatic heterocycles. The summed E-state index contributed by atoms with van der Waals surface area (Å²) in [7, 11) is 0. The highest BCUT2D eigenvalue weighted by atomic mass is 79.9. The molecule has 0 spiro atoms. The number of rotatable bonds is 8. The molecule has 1 unspecified atom stereocenters. The van der Waals surface area contributed by atoms with E-state index in [-0.39, 0.29) is 24.8 Å². The van der Waals surface area contributed by atoms with E-state index in [1.807, 2.05) is 6.92 Å². The lowest BCUT2D eigenvalue weighted by atomic mass is 10.1. The number of halogens is 2. The van der Waals surface area contributed by atoms with Crippen LogP contribution in [0.15, 0.2) is 22.7 Å². The second-order valence-corrected chi connectivity index (χ2v) is 7.33. The average Bonchev–Trinajstić information content (AvgIpc) is 2.62. The Labute approximate surface area is 171 Å². The van der Waals surface area contributed by atoms with Crippen LogP contribution in [0.25, 0.3) is 0 Å². The fourth-order valence-corrected chi connectivity index (χ4v) is 3.38. The van der Waals surface area contributed by atoms with Crippen LogP contribution in [0.3, 0.4) is 0 Å². The summed E-state index contributed by atoms with van der Waals surface area (Å²) in [6.07, 6.45) is 1.49. The fraction of sp³-hybridized carbons (Fsp3) is 0.500. The number of esters is 1. The predicted octanol–water partition coefficient (Wildman–Crippen LogP) is 2.54. The first kappa shape index (κ1) is 21.5. The second-order valence-electron chi connectivity index (χ2n) is 6.04. The van der Waals surface area contributed by atoms with E-state index in [4.69, 9.17) is 21.1 Å². The Morgan fingerprint density at radius 2 is 2.19 bits per heavy atom. The molecular weight excluding hydrogens is 440 g/mol. The minimum Gasteiger partial charge on any atom is -0.483 e. The van der Waals surface area contributed by atoms with E-state index in [9.17, 15) is 14.4 Å². The van der Waals surface area contributed by atoms with Gasteiger partial charge in [0.25, 0.3) is 5.91 Å². The molecule has 0 aliphatic carbocycles. The molecule has 1 aromatic carbocycles. The first-order chi connectivity index (χ1) is 12.9.